The lowest BCUT2D eigenvalue weighted by molar-refractivity contribution is -0.123. The van der Waals surface area contributed by atoms with Gasteiger partial charge in [-0.05, 0) is 37.6 Å². The number of amides is 1. The Labute approximate surface area is 153 Å². The average molecular weight is 368 g/mol. The minimum atomic E-state index is -0.696. The number of hydrogen-bond acceptors (Lipinski definition) is 3. The number of hydrogen-bond donors (Lipinski definition) is 1. The molecular weight excluding hydrogens is 345 g/mol. The van der Waals surface area contributed by atoms with E-state index in [1.165, 1.54) is 0 Å². The van der Waals surface area contributed by atoms with Crippen LogP contribution in [-0.4, -0.2) is 29.9 Å². The highest BCUT2D eigenvalue weighted by molar-refractivity contribution is 6.42. The van der Waals surface area contributed by atoms with Crippen molar-refractivity contribution in [2.24, 2.45) is 0 Å². The van der Waals surface area contributed by atoms with E-state index in [0.717, 1.165) is 44.1 Å². The molecule has 0 unspecified atom stereocenters. The van der Waals surface area contributed by atoms with Crippen molar-refractivity contribution >= 4 is 29.1 Å². The SMILES string of the molecule is CN(CC(=O)NC1(C#N)CCCCCC1)Cc1ccc(Cl)c(Cl)c1. The van der Waals surface area contributed by atoms with Crippen molar-refractivity contribution in [1.29, 1.82) is 5.26 Å². The highest BCUT2D eigenvalue weighted by Gasteiger charge is 2.32. The van der Waals surface area contributed by atoms with Gasteiger partial charge in [0.05, 0.1) is 22.7 Å². The molecule has 6 heteroatoms. The highest BCUT2D eigenvalue weighted by atomic mass is 35.5. The molecule has 130 valence electrons. The predicted molar refractivity (Wildman–Crippen MR) is 97.0 cm³/mol. The Morgan fingerprint density at radius 3 is 2.50 bits per heavy atom. The predicted octanol–water partition coefficient (Wildman–Crippen LogP) is 4.16. The molecule has 0 atom stereocenters. The average Bonchev–Trinajstić information content (AvgIpc) is 2.76. The van der Waals surface area contributed by atoms with E-state index in [9.17, 15) is 10.1 Å². The van der Waals surface area contributed by atoms with Gasteiger partial charge in [0.2, 0.25) is 5.91 Å². The number of nitriles is 1. The lowest BCUT2D eigenvalue weighted by atomic mass is 9.92. The van der Waals surface area contributed by atoms with Crippen LogP contribution in [0.4, 0.5) is 0 Å². The van der Waals surface area contributed by atoms with E-state index >= 15 is 0 Å². The van der Waals surface area contributed by atoms with Crippen LogP contribution >= 0.6 is 23.2 Å². The molecule has 1 aliphatic carbocycles. The highest BCUT2D eigenvalue weighted by Crippen LogP contribution is 2.26. The van der Waals surface area contributed by atoms with Gasteiger partial charge in [-0.1, -0.05) is 55.0 Å². The van der Waals surface area contributed by atoms with Crippen molar-refractivity contribution in [2.45, 2.75) is 50.6 Å². The minimum Gasteiger partial charge on any atom is -0.337 e. The molecule has 1 aliphatic rings. The molecule has 0 saturated heterocycles. The largest absolute Gasteiger partial charge is 0.337 e. The van der Waals surface area contributed by atoms with Gasteiger partial charge in [0.1, 0.15) is 5.54 Å². The second-order valence-corrected chi connectivity index (χ2v) is 7.39. The van der Waals surface area contributed by atoms with Crippen LogP contribution in [0.2, 0.25) is 10.0 Å². The van der Waals surface area contributed by atoms with Crippen LogP contribution in [0.25, 0.3) is 0 Å². The van der Waals surface area contributed by atoms with Crippen molar-refractivity contribution in [3.05, 3.63) is 33.8 Å². The summed E-state index contributed by atoms with van der Waals surface area (Å²) < 4.78 is 0. The zero-order valence-corrected chi connectivity index (χ0v) is 15.5. The molecule has 1 saturated carbocycles. The molecule has 1 N–H and O–H groups in total. The Morgan fingerprint density at radius 2 is 1.92 bits per heavy atom. The van der Waals surface area contributed by atoms with Crippen LogP contribution in [0, 0.1) is 11.3 Å². The maximum absolute atomic E-state index is 12.4. The molecule has 0 radical (unpaired) electrons. The molecule has 0 bridgehead atoms. The molecule has 0 aromatic heterocycles. The third kappa shape index (κ3) is 5.37. The third-order valence-electron chi connectivity index (χ3n) is 4.40. The molecule has 0 heterocycles. The van der Waals surface area contributed by atoms with Gasteiger partial charge >= 0.3 is 0 Å². The van der Waals surface area contributed by atoms with Crippen molar-refractivity contribution in [3.8, 4) is 6.07 Å². The van der Waals surface area contributed by atoms with Gasteiger partial charge in [0.15, 0.2) is 0 Å². The smallest absolute Gasteiger partial charge is 0.235 e. The Morgan fingerprint density at radius 1 is 1.25 bits per heavy atom. The number of nitrogens with zero attached hydrogens (tertiary/aromatic N) is 2. The summed E-state index contributed by atoms with van der Waals surface area (Å²) in [5, 5.41) is 13.5. The normalized spacial score (nSPS) is 17.1. The Balaban J connectivity index is 1.90. The van der Waals surface area contributed by atoms with Crippen LogP contribution < -0.4 is 5.32 Å². The second-order valence-electron chi connectivity index (χ2n) is 6.58. The molecule has 1 aromatic rings. The first-order valence-electron chi connectivity index (χ1n) is 8.29. The fourth-order valence-electron chi connectivity index (χ4n) is 3.15. The van der Waals surface area contributed by atoms with Gasteiger partial charge in [-0.25, -0.2) is 0 Å². The lowest BCUT2D eigenvalue weighted by Gasteiger charge is -2.27. The molecule has 0 spiro atoms. The van der Waals surface area contributed by atoms with E-state index in [1.807, 2.05) is 18.0 Å². The maximum atomic E-state index is 12.4. The zero-order chi connectivity index (χ0) is 17.6. The van der Waals surface area contributed by atoms with Gasteiger partial charge in [-0.15, -0.1) is 0 Å². The topological polar surface area (TPSA) is 56.1 Å². The second kappa shape index (κ2) is 8.71. The summed E-state index contributed by atoms with van der Waals surface area (Å²) in [6.07, 6.45) is 5.74. The van der Waals surface area contributed by atoms with Crippen molar-refractivity contribution in [1.82, 2.24) is 10.2 Å². The molecule has 1 amide bonds. The van der Waals surface area contributed by atoms with E-state index < -0.39 is 5.54 Å². The third-order valence-corrected chi connectivity index (χ3v) is 5.14. The number of carbonyl (C=O) groups excluding carboxylic acids is 1. The number of nitrogens with one attached hydrogen (secondary N) is 1. The number of benzene rings is 1. The summed E-state index contributed by atoms with van der Waals surface area (Å²) in [5.41, 5.74) is 0.294. The fourth-order valence-corrected chi connectivity index (χ4v) is 3.47. The first-order chi connectivity index (χ1) is 11.4. The van der Waals surface area contributed by atoms with E-state index in [2.05, 4.69) is 11.4 Å². The van der Waals surface area contributed by atoms with Gasteiger partial charge in [0.25, 0.3) is 0 Å². The fraction of sp³-hybridized carbons (Fsp3) is 0.556. The van der Waals surface area contributed by atoms with E-state index in [-0.39, 0.29) is 12.5 Å². The Kier molecular flexibility index (Phi) is 6.91. The number of rotatable bonds is 5. The number of carbonyl (C=O) groups is 1. The monoisotopic (exact) mass is 367 g/mol. The number of likely N-dealkylation sites (N-methyl/N-ethyl adjacent to an activating group) is 1. The first-order valence-corrected chi connectivity index (χ1v) is 9.04. The summed E-state index contributed by atoms with van der Waals surface area (Å²) >= 11 is 11.9. The molecule has 0 aliphatic heterocycles. The van der Waals surface area contributed by atoms with Crippen LogP contribution in [0.5, 0.6) is 0 Å². The molecule has 2 rings (SSSR count). The summed E-state index contributed by atoms with van der Waals surface area (Å²) in [6.45, 7) is 0.827. The van der Waals surface area contributed by atoms with Crippen LogP contribution in [0.15, 0.2) is 18.2 Å². The van der Waals surface area contributed by atoms with Crippen molar-refractivity contribution in [3.63, 3.8) is 0 Å². The quantitative estimate of drug-likeness (QED) is 0.794. The van der Waals surface area contributed by atoms with E-state index in [0.29, 0.717) is 16.6 Å². The van der Waals surface area contributed by atoms with Gasteiger partial charge in [0, 0.05) is 6.54 Å². The Bertz CT molecular complexity index is 619. The molecule has 4 nitrogen and oxygen atoms in total. The van der Waals surface area contributed by atoms with Crippen LogP contribution in [0.3, 0.4) is 0 Å². The van der Waals surface area contributed by atoms with Crippen molar-refractivity contribution < 1.29 is 4.79 Å². The van der Waals surface area contributed by atoms with Crippen LogP contribution in [0.1, 0.15) is 44.1 Å². The molecule has 1 aromatic carbocycles. The molecular formula is C18H23Cl2N3O. The van der Waals surface area contributed by atoms with Gasteiger partial charge in [-0.2, -0.15) is 5.26 Å². The summed E-state index contributed by atoms with van der Waals surface area (Å²) in [7, 11) is 1.87. The van der Waals surface area contributed by atoms with Gasteiger partial charge < -0.3 is 5.32 Å². The summed E-state index contributed by atoms with van der Waals surface area (Å²) in [6, 6.07) is 7.80. The lowest BCUT2D eigenvalue weighted by Crippen LogP contribution is -2.49. The molecule has 24 heavy (non-hydrogen) atoms. The van der Waals surface area contributed by atoms with Crippen LogP contribution in [-0.2, 0) is 11.3 Å². The number of halogens is 2. The maximum Gasteiger partial charge on any atom is 0.235 e. The summed E-state index contributed by atoms with van der Waals surface area (Å²) in [5.74, 6) is -0.110. The zero-order valence-electron chi connectivity index (χ0n) is 13.9. The standard InChI is InChI=1S/C18H23Cl2N3O/c1-23(11-14-6-7-15(19)16(20)10-14)12-17(24)22-18(13-21)8-4-2-3-5-9-18/h6-7,10H,2-5,8-9,11-12H2,1H3,(H,22,24). The summed E-state index contributed by atoms with van der Waals surface area (Å²) in [4.78, 5) is 14.3. The van der Waals surface area contributed by atoms with Crippen molar-refractivity contribution in [2.75, 3.05) is 13.6 Å². The van der Waals surface area contributed by atoms with E-state index in [4.69, 9.17) is 23.2 Å². The van der Waals surface area contributed by atoms with E-state index in [1.54, 1.807) is 12.1 Å². The van der Waals surface area contributed by atoms with Gasteiger partial charge in [-0.3, -0.25) is 9.69 Å². The minimum absolute atomic E-state index is 0.110. The Hall–Kier alpha value is -1.28. The molecule has 1 fully saturated rings. The first kappa shape index (κ1) is 19.1.